The molecule has 0 aliphatic carbocycles. The molecule has 1 aromatic heterocycles. The average molecular weight is 298 g/mol. The normalized spacial score (nSPS) is 14.8. The fourth-order valence-corrected chi connectivity index (χ4v) is 2.91. The fraction of sp³-hybridized carbons (Fsp3) is 0.471. The van der Waals surface area contributed by atoms with Crippen LogP contribution in [0.1, 0.15) is 54.4 Å². The third kappa shape index (κ3) is 2.63. The van der Waals surface area contributed by atoms with Gasteiger partial charge in [-0.05, 0) is 37.8 Å². The van der Waals surface area contributed by atoms with Crippen molar-refractivity contribution in [1.82, 2.24) is 19.9 Å². The number of benzene rings is 1. The molecule has 1 aliphatic rings. The molecule has 2 aromatic rings. The summed E-state index contributed by atoms with van der Waals surface area (Å²) in [7, 11) is 0. The van der Waals surface area contributed by atoms with Crippen molar-refractivity contribution < 1.29 is 4.79 Å². The molecule has 0 saturated carbocycles. The van der Waals surface area contributed by atoms with E-state index in [1.807, 2.05) is 29.2 Å². The molecular weight excluding hydrogens is 276 g/mol. The van der Waals surface area contributed by atoms with Gasteiger partial charge in [-0.3, -0.25) is 4.79 Å². The van der Waals surface area contributed by atoms with Crippen LogP contribution in [0.25, 0.3) is 5.69 Å². The Kier molecular flexibility index (Phi) is 3.96. The number of rotatable bonds is 3. The zero-order chi connectivity index (χ0) is 15.7. The van der Waals surface area contributed by atoms with E-state index in [0.29, 0.717) is 5.69 Å². The van der Waals surface area contributed by atoms with E-state index < -0.39 is 0 Å². The molecule has 0 spiro atoms. The standard InChI is InChI=1S/C17H22N4O/c1-12(2)16-15(17(22)20-10-4-5-11-20)18-19-21(16)14-8-6-13(3)7-9-14/h6-9,12H,4-5,10-11H2,1-3H3. The maximum Gasteiger partial charge on any atom is 0.276 e. The molecule has 0 unspecified atom stereocenters. The summed E-state index contributed by atoms with van der Waals surface area (Å²) in [6.45, 7) is 7.85. The van der Waals surface area contributed by atoms with Crippen LogP contribution in [0.3, 0.4) is 0 Å². The number of aryl methyl sites for hydroxylation is 1. The summed E-state index contributed by atoms with van der Waals surface area (Å²) in [5, 5.41) is 8.45. The summed E-state index contributed by atoms with van der Waals surface area (Å²) >= 11 is 0. The van der Waals surface area contributed by atoms with Crippen LogP contribution in [0, 0.1) is 6.92 Å². The predicted molar refractivity (Wildman–Crippen MR) is 85.3 cm³/mol. The van der Waals surface area contributed by atoms with E-state index in [4.69, 9.17) is 0 Å². The van der Waals surface area contributed by atoms with Crippen molar-refractivity contribution in [2.45, 2.75) is 39.5 Å². The number of carbonyl (C=O) groups is 1. The van der Waals surface area contributed by atoms with Gasteiger partial charge in [0, 0.05) is 13.1 Å². The highest BCUT2D eigenvalue weighted by atomic mass is 16.2. The molecule has 116 valence electrons. The highest BCUT2D eigenvalue weighted by Gasteiger charge is 2.28. The van der Waals surface area contributed by atoms with Crippen LogP contribution in [-0.2, 0) is 0 Å². The van der Waals surface area contributed by atoms with Crippen LogP contribution in [0.15, 0.2) is 24.3 Å². The fourth-order valence-electron chi connectivity index (χ4n) is 2.91. The highest BCUT2D eigenvalue weighted by Crippen LogP contribution is 2.23. The van der Waals surface area contributed by atoms with E-state index in [2.05, 4.69) is 31.1 Å². The number of likely N-dealkylation sites (tertiary alicyclic amines) is 1. The first-order chi connectivity index (χ1) is 10.6. The van der Waals surface area contributed by atoms with E-state index in [1.165, 1.54) is 5.56 Å². The van der Waals surface area contributed by atoms with E-state index >= 15 is 0 Å². The van der Waals surface area contributed by atoms with Gasteiger partial charge in [-0.15, -0.1) is 5.10 Å². The molecule has 3 rings (SSSR count). The summed E-state index contributed by atoms with van der Waals surface area (Å²) < 4.78 is 1.80. The van der Waals surface area contributed by atoms with Crippen LogP contribution >= 0.6 is 0 Å². The Hall–Kier alpha value is -2.17. The monoisotopic (exact) mass is 298 g/mol. The number of hydrogen-bond donors (Lipinski definition) is 0. The number of aromatic nitrogens is 3. The summed E-state index contributed by atoms with van der Waals surface area (Å²) in [4.78, 5) is 14.6. The van der Waals surface area contributed by atoms with Crippen molar-refractivity contribution in [2.75, 3.05) is 13.1 Å². The summed E-state index contributed by atoms with van der Waals surface area (Å²) in [5.74, 6) is 0.192. The van der Waals surface area contributed by atoms with Crippen molar-refractivity contribution in [2.24, 2.45) is 0 Å². The molecule has 1 aromatic carbocycles. The lowest BCUT2D eigenvalue weighted by molar-refractivity contribution is 0.0785. The largest absolute Gasteiger partial charge is 0.337 e. The molecule has 0 atom stereocenters. The first kappa shape index (κ1) is 14.8. The molecule has 1 amide bonds. The van der Waals surface area contributed by atoms with Crippen molar-refractivity contribution >= 4 is 5.91 Å². The predicted octanol–water partition coefficient (Wildman–Crippen LogP) is 2.94. The number of carbonyl (C=O) groups excluding carboxylic acids is 1. The number of amides is 1. The van der Waals surface area contributed by atoms with Gasteiger partial charge in [-0.25, -0.2) is 4.68 Å². The van der Waals surface area contributed by atoms with Gasteiger partial charge in [0.05, 0.1) is 11.4 Å². The zero-order valence-electron chi connectivity index (χ0n) is 13.4. The van der Waals surface area contributed by atoms with Crippen molar-refractivity contribution in [1.29, 1.82) is 0 Å². The Labute approximate surface area is 130 Å². The van der Waals surface area contributed by atoms with Gasteiger partial charge in [-0.1, -0.05) is 36.8 Å². The van der Waals surface area contributed by atoms with Gasteiger partial charge in [0.1, 0.15) is 0 Å². The van der Waals surface area contributed by atoms with Gasteiger partial charge in [0.15, 0.2) is 5.69 Å². The molecule has 5 heteroatoms. The lowest BCUT2D eigenvalue weighted by atomic mass is 10.1. The van der Waals surface area contributed by atoms with Gasteiger partial charge in [0.25, 0.3) is 5.91 Å². The SMILES string of the molecule is Cc1ccc(-n2nnc(C(=O)N3CCCC3)c2C(C)C)cc1. The van der Waals surface area contributed by atoms with Crippen LogP contribution < -0.4 is 0 Å². The third-order valence-corrected chi connectivity index (χ3v) is 4.13. The summed E-state index contributed by atoms with van der Waals surface area (Å²) in [6, 6.07) is 8.12. The van der Waals surface area contributed by atoms with Crippen LogP contribution in [0.5, 0.6) is 0 Å². The number of nitrogens with zero attached hydrogens (tertiary/aromatic N) is 4. The molecule has 0 N–H and O–H groups in total. The smallest absolute Gasteiger partial charge is 0.276 e. The molecule has 22 heavy (non-hydrogen) atoms. The maximum atomic E-state index is 12.7. The molecule has 5 nitrogen and oxygen atoms in total. The van der Waals surface area contributed by atoms with E-state index in [-0.39, 0.29) is 11.8 Å². The minimum Gasteiger partial charge on any atom is -0.337 e. The summed E-state index contributed by atoms with van der Waals surface area (Å²) in [6.07, 6.45) is 2.16. The Morgan fingerprint density at radius 2 is 1.77 bits per heavy atom. The van der Waals surface area contributed by atoms with E-state index in [1.54, 1.807) is 4.68 Å². The van der Waals surface area contributed by atoms with E-state index in [9.17, 15) is 4.79 Å². The average Bonchev–Trinajstić information content (AvgIpc) is 3.17. The Bertz CT molecular complexity index is 666. The van der Waals surface area contributed by atoms with Crippen molar-refractivity contribution in [3.8, 4) is 5.69 Å². The molecule has 1 saturated heterocycles. The van der Waals surface area contributed by atoms with E-state index in [0.717, 1.165) is 37.3 Å². The zero-order valence-corrected chi connectivity index (χ0v) is 13.4. The molecular formula is C17H22N4O. The highest BCUT2D eigenvalue weighted by molar-refractivity contribution is 5.93. The second-order valence-electron chi connectivity index (χ2n) is 6.22. The van der Waals surface area contributed by atoms with Gasteiger partial charge in [-0.2, -0.15) is 0 Å². The van der Waals surface area contributed by atoms with Crippen LogP contribution in [0.4, 0.5) is 0 Å². The van der Waals surface area contributed by atoms with Gasteiger partial charge in [0.2, 0.25) is 0 Å². The Balaban J connectivity index is 2.01. The first-order valence-electron chi connectivity index (χ1n) is 7.90. The maximum absolute atomic E-state index is 12.7. The molecule has 0 radical (unpaired) electrons. The number of hydrogen-bond acceptors (Lipinski definition) is 3. The first-order valence-corrected chi connectivity index (χ1v) is 7.90. The molecule has 1 aliphatic heterocycles. The van der Waals surface area contributed by atoms with Crippen molar-refractivity contribution in [3.63, 3.8) is 0 Å². The topological polar surface area (TPSA) is 51.0 Å². The van der Waals surface area contributed by atoms with Crippen LogP contribution in [0.2, 0.25) is 0 Å². The third-order valence-electron chi connectivity index (χ3n) is 4.13. The Morgan fingerprint density at radius 3 is 2.36 bits per heavy atom. The quantitative estimate of drug-likeness (QED) is 0.875. The minimum absolute atomic E-state index is 0.0135. The molecule has 0 bridgehead atoms. The van der Waals surface area contributed by atoms with Gasteiger partial charge < -0.3 is 4.90 Å². The second-order valence-corrected chi connectivity index (χ2v) is 6.22. The van der Waals surface area contributed by atoms with Crippen LogP contribution in [-0.4, -0.2) is 38.9 Å². The molecule has 1 fully saturated rings. The summed E-state index contributed by atoms with van der Waals surface area (Å²) in [5.41, 5.74) is 3.53. The van der Waals surface area contributed by atoms with Gasteiger partial charge >= 0.3 is 0 Å². The molecule has 2 heterocycles. The van der Waals surface area contributed by atoms with Crippen molar-refractivity contribution in [3.05, 3.63) is 41.2 Å². The minimum atomic E-state index is 0.0135. The second kappa shape index (κ2) is 5.91. The lowest BCUT2D eigenvalue weighted by Gasteiger charge is -2.16. The lowest BCUT2D eigenvalue weighted by Crippen LogP contribution is -2.29. The Morgan fingerprint density at radius 1 is 1.14 bits per heavy atom.